The minimum Gasteiger partial charge on any atom is -0.456 e. The van der Waals surface area contributed by atoms with Crippen LogP contribution in [0.4, 0.5) is 0 Å². The standard InChI is InChI=1S/C24H33N3O3/c1-16-15-21(18(3)27(16)20-7-5-4-6-8-20)24(29)26-13-11-19(12-14-26)25-23(28)22-10-9-17(2)30-22/h9-10,15,19-20H,4-8,11-14H2,1-3H3,(H,25,28). The number of aromatic nitrogens is 1. The summed E-state index contributed by atoms with van der Waals surface area (Å²) in [7, 11) is 0. The van der Waals surface area contributed by atoms with Crippen molar-refractivity contribution in [3.8, 4) is 0 Å². The predicted octanol–water partition coefficient (Wildman–Crippen LogP) is 4.55. The van der Waals surface area contributed by atoms with Gasteiger partial charge in [0.2, 0.25) is 0 Å². The maximum atomic E-state index is 13.2. The number of furan rings is 1. The van der Waals surface area contributed by atoms with Gasteiger partial charge >= 0.3 is 0 Å². The van der Waals surface area contributed by atoms with E-state index in [0.29, 0.717) is 24.9 Å². The van der Waals surface area contributed by atoms with Gasteiger partial charge in [0.1, 0.15) is 5.76 Å². The Bertz CT molecular complexity index is 912. The summed E-state index contributed by atoms with van der Waals surface area (Å²) in [4.78, 5) is 27.5. The molecule has 1 saturated carbocycles. The second kappa shape index (κ2) is 8.70. The average molecular weight is 412 g/mol. The van der Waals surface area contributed by atoms with Crippen molar-refractivity contribution in [1.82, 2.24) is 14.8 Å². The fourth-order valence-electron chi connectivity index (χ4n) is 5.11. The van der Waals surface area contributed by atoms with Crippen LogP contribution in [0.2, 0.25) is 0 Å². The first-order valence-electron chi connectivity index (χ1n) is 11.3. The molecule has 1 N–H and O–H groups in total. The molecule has 0 unspecified atom stereocenters. The van der Waals surface area contributed by atoms with Crippen molar-refractivity contribution >= 4 is 11.8 Å². The normalized spacial score (nSPS) is 18.6. The number of aryl methyl sites for hydroxylation is 2. The number of likely N-dealkylation sites (tertiary alicyclic amines) is 1. The maximum Gasteiger partial charge on any atom is 0.287 e. The van der Waals surface area contributed by atoms with E-state index in [2.05, 4.69) is 29.8 Å². The summed E-state index contributed by atoms with van der Waals surface area (Å²) in [6.07, 6.45) is 7.84. The fraction of sp³-hybridized carbons (Fsp3) is 0.583. The van der Waals surface area contributed by atoms with Gasteiger partial charge in [0.05, 0.1) is 5.56 Å². The number of nitrogens with one attached hydrogen (secondary N) is 1. The summed E-state index contributed by atoms with van der Waals surface area (Å²) in [5.74, 6) is 1.02. The molecule has 4 rings (SSSR count). The molecule has 0 radical (unpaired) electrons. The molecule has 0 spiro atoms. The van der Waals surface area contributed by atoms with Crippen LogP contribution in [0.3, 0.4) is 0 Å². The lowest BCUT2D eigenvalue weighted by atomic mass is 9.95. The highest BCUT2D eigenvalue weighted by Crippen LogP contribution is 2.32. The third kappa shape index (κ3) is 4.18. The molecule has 6 heteroatoms. The SMILES string of the molecule is Cc1ccc(C(=O)NC2CCN(C(=O)c3cc(C)n(C4CCCCC4)c3C)CC2)o1. The Labute approximate surface area is 178 Å². The second-order valence-corrected chi connectivity index (χ2v) is 8.90. The van der Waals surface area contributed by atoms with Crippen LogP contribution in [-0.4, -0.2) is 40.4 Å². The zero-order valence-corrected chi connectivity index (χ0v) is 18.4. The Kier molecular flexibility index (Phi) is 6.02. The lowest BCUT2D eigenvalue weighted by Crippen LogP contribution is -2.46. The molecule has 0 atom stereocenters. The Morgan fingerprint density at radius 2 is 1.70 bits per heavy atom. The van der Waals surface area contributed by atoms with Gasteiger partial charge in [-0.3, -0.25) is 9.59 Å². The molecule has 2 aliphatic rings. The van der Waals surface area contributed by atoms with E-state index in [9.17, 15) is 9.59 Å². The van der Waals surface area contributed by atoms with Crippen molar-refractivity contribution in [3.05, 3.63) is 46.7 Å². The van der Waals surface area contributed by atoms with Crippen LogP contribution < -0.4 is 5.32 Å². The Morgan fingerprint density at radius 1 is 1.00 bits per heavy atom. The van der Waals surface area contributed by atoms with E-state index in [4.69, 9.17) is 4.42 Å². The van der Waals surface area contributed by atoms with Gasteiger partial charge in [-0.05, 0) is 64.7 Å². The van der Waals surface area contributed by atoms with Crippen molar-refractivity contribution in [2.75, 3.05) is 13.1 Å². The van der Waals surface area contributed by atoms with Crippen LogP contribution in [0.25, 0.3) is 0 Å². The smallest absolute Gasteiger partial charge is 0.287 e. The first-order valence-corrected chi connectivity index (χ1v) is 11.3. The van der Waals surface area contributed by atoms with Gasteiger partial charge in [-0.25, -0.2) is 0 Å². The molecule has 6 nitrogen and oxygen atoms in total. The Morgan fingerprint density at radius 3 is 2.33 bits per heavy atom. The minimum atomic E-state index is -0.177. The van der Waals surface area contributed by atoms with E-state index >= 15 is 0 Å². The summed E-state index contributed by atoms with van der Waals surface area (Å²) in [5, 5.41) is 3.04. The molecular weight excluding hydrogens is 378 g/mol. The average Bonchev–Trinajstić information content (AvgIpc) is 3.31. The minimum absolute atomic E-state index is 0.0710. The van der Waals surface area contributed by atoms with E-state index in [1.54, 1.807) is 12.1 Å². The molecule has 0 bridgehead atoms. The fourth-order valence-corrected chi connectivity index (χ4v) is 5.11. The van der Waals surface area contributed by atoms with Crippen LogP contribution in [-0.2, 0) is 0 Å². The number of carbonyl (C=O) groups excluding carboxylic acids is 2. The van der Waals surface area contributed by atoms with Gasteiger partial charge in [-0.2, -0.15) is 0 Å². The molecular formula is C24H33N3O3. The predicted molar refractivity (Wildman–Crippen MR) is 116 cm³/mol. The number of piperidine rings is 1. The van der Waals surface area contributed by atoms with Crippen molar-refractivity contribution in [3.63, 3.8) is 0 Å². The molecule has 162 valence electrons. The van der Waals surface area contributed by atoms with Crippen molar-refractivity contribution in [2.24, 2.45) is 0 Å². The van der Waals surface area contributed by atoms with Gasteiger partial charge in [0.25, 0.3) is 11.8 Å². The number of amides is 2. The Hall–Kier alpha value is -2.50. The molecule has 2 amide bonds. The topological polar surface area (TPSA) is 67.5 Å². The quantitative estimate of drug-likeness (QED) is 0.803. The van der Waals surface area contributed by atoms with E-state index in [-0.39, 0.29) is 17.9 Å². The number of hydrogen-bond donors (Lipinski definition) is 1. The van der Waals surface area contributed by atoms with Gasteiger partial charge in [0, 0.05) is 36.6 Å². The van der Waals surface area contributed by atoms with Crippen molar-refractivity contribution in [2.45, 2.75) is 77.8 Å². The van der Waals surface area contributed by atoms with Crippen LogP contribution in [0.15, 0.2) is 22.6 Å². The highest BCUT2D eigenvalue weighted by molar-refractivity contribution is 5.96. The van der Waals surface area contributed by atoms with E-state index < -0.39 is 0 Å². The van der Waals surface area contributed by atoms with E-state index in [1.807, 2.05) is 11.8 Å². The third-order valence-electron chi connectivity index (χ3n) is 6.74. The maximum absolute atomic E-state index is 13.2. The zero-order chi connectivity index (χ0) is 21.3. The van der Waals surface area contributed by atoms with Crippen molar-refractivity contribution < 1.29 is 14.0 Å². The largest absolute Gasteiger partial charge is 0.456 e. The second-order valence-electron chi connectivity index (χ2n) is 8.90. The van der Waals surface area contributed by atoms with Gasteiger partial charge in [-0.15, -0.1) is 0 Å². The highest BCUT2D eigenvalue weighted by Gasteiger charge is 2.29. The number of rotatable bonds is 4. The summed E-state index contributed by atoms with van der Waals surface area (Å²) < 4.78 is 7.80. The molecule has 1 aliphatic heterocycles. The van der Waals surface area contributed by atoms with Gasteiger partial charge < -0.3 is 19.2 Å². The van der Waals surface area contributed by atoms with Gasteiger partial charge in [0.15, 0.2) is 5.76 Å². The molecule has 2 aromatic heterocycles. The molecule has 0 aromatic carbocycles. The first-order chi connectivity index (χ1) is 14.4. The monoisotopic (exact) mass is 411 g/mol. The molecule has 30 heavy (non-hydrogen) atoms. The van der Waals surface area contributed by atoms with Crippen LogP contribution in [0.5, 0.6) is 0 Å². The van der Waals surface area contributed by atoms with Crippen LogP contribution in [0.1, 0.15) is 89.0 Å². The summed E-state index contributed by atoms with van der Waals surface area (Å²) in [6, 6.07) is 6.16. The van der Waals surface area contributed by atoms with E-state index in [1.165, 1.54) is 37.8 Å². The number of carbonyl (C=O) groups is 2. The van der Waals surface area contributed by atoms with E-state index in [0.717, 1.165) is 29.9 Å². The zero-order valence-electron chi connectivity index (χ0n) is 18.4. The highest BCUT2D eigenvalue weighted by atomic mass is 16.3. The number of nitrogens with zero attached hydrogens (tertiary/aromatic N) is 2. The lowest BCUT2D eigenvalue weighted by molar-refractivity contribution is 0.0694. The Balaban J connectivity index is 1.37. The summed E-state index contributed by atoms with van der Waals surface area (Å²) in [6.45, 7) is 7.36. The molecule has 2 aromatic rings. The van der Waals surface area contributed by atoms with Crippen molar-refractivity contribution in [1.29, 1.82) is 0 Å². The van der Waals surface area contributed by atoms with Gasteiger partial charge in [-0.1, -0.05) is 19.3 Å². The molecule has 1 saturated heterocycles. The third-order valence-corrected chi connectivity index (χ3v) is 6.74. The summed E-state index contributed by atoms with van der Waals surface area (Å²) in [5.41, 5.74) is 3.14. The lowest BCUT2D eigenvalue weighted by Gasteiger charge is -2.32. The first kappa shape index (κ1) is 20.8. The number of hydrogen-bond acceptors (Lipinski definition) is 3. The van der Waals surface area contributed by atoms with Crippen LogP contribution >= 0.6 is 0 Å². The summed E-state index contributed by atoms with van der Waals surface area (Å²) >= 11 is 0. The molecule has 1 aliphatic carbocycles. The van der Waals surface area contributed by atoms with Crippen LogP contribution in [0, 0.1) is 20.8 Å². The molecule has 2 fully saturated rings. The molecule has 3 heterocycles.